The molecule has 0 aromatic heterocycles. The fourth-order valence-corrected chi connectivity index (χ4v) is 1.25. The van der Waals surface area contributed by atoms with Gasteiger partial charge in [-0.1, -0.05) is 18.7 Å². The molecule has 0 atom stereocenters. The van der Waals surface area contributed by atoms with Crippen LogP contribution in [0.4, 0.5) is 0 Å². The highest BCUT2D eigenvalue weighted by Crippen LogP contribution is 2.26. The molecular formula is C15H21NO4. The van der Waals surface area contributed by atoms with E-state index in [1.165, 1.54) is 13.1 Å². The van der Waals surface area contributed by atoms with Gasteiger partial charge in [0.25, 0.3) is 0 Å². The van der Waals surface area contributed by atoms with Crippen LogP contribution in [0.5, 0.6) is 11.5 Å². The number of nitrogens with zero attached hydrogens (tertiary/aromatic N) is 1. The van der Waals surface area contributed by atoms with Crippen LogP contribution in [0.3, 0.4) is 0 Å². The molecular weight excluding hydrogens is 258 g/mol. The Bertz CT molecular complexity index is 481. The van der Waals surface area contributed by atoms with Gasteiger partial charge in [-0.25, -0.2) is 0 Å². The van der Waals surface area contributed by atoms with Crippen molar-refractivity contribution in [1.82, 2.24) is 0 Å². The topological polar surface area (TPSA) is 68.1 Å². The van der Waals surface area contributed by atoms with Crippen LogP contribution in [-0.2, 0) is 4.79 Å². The van der Waals surface area contributed by atoms with Gasteiger partial charge in [-0.15, -0.1) is 0 Å². The lowest BCUT2D eigenvalue weighted by Crippen LogP contribution is -1.91. The lowest BCUT2D eigenvalue weighted by Gasteiger charge is -2.06. The van der Waals surface area contributed by atoms with Crippen molar-refractivity contribution < 1.29 is 19.5 Å². The summed E-state index contributed by atoms with van der Waals surface area (Å²) in [5, 5.41) is 11.2. The quantitative estimate of drug-likeness (QED) is 0.389. The number of hydrogen-bond donors (Lipinski definition) is 1. The van der Waals surface area contributed by atoms with E-state index in [1.54, 1.807) is 32.4 Å². The highest BCUT2D eigenvalue weighted by atomic mass is 16.5. The van der Waals surface area contributed by atoms with Gasteiger partial charge >= 0.3 is 0 Å². The molecule has 5 heteroatoms. The van der Waals surface area contributed by atoms with Gasteiger partial charge < -0.3 is 14.7 Å². The summed E-state index contributed by atoms with van der Waals surface area (Å²) >= 11 is 0. The molecule has 0 aliphatic heterocycles. The maximum atomic E-state index is 10.3. The summed E-state index contributed by atoms with van der Waals surface area (Å²) in [4.78, 5) is 10.3. The van der Waals surface area contributed by atoms with Crippen LogP contribution in [0.25, 0.3) is 0 Å². The molecule has 0 aliphatic carbocycles. The van der Waals surface area contributed by atoms with Crippen molar-refractivity contribution >= 4 is 12.0 Å². The van der Waals surface area contributed by atoms with E-state index in [9.17, 15) is 4.79 Å². The monoisotopic (exact) mass is 279 g/mol. The van der Waals surface area contributed by atoms with Crippen molar-refractivity contribution in [2.75, 3.05) is 14.2 Å². The lowest BCUT2D eigenvalue weighted by molar-refractivity contribution is -0.113. The number of benzene rings is 1. The van der Waals surface area contributed by atoms with Crippen LogP contribution in [0.2, 0.25) is 0 Å². The molecule has 1 rings (SSSR count). The lowest BCUT2D eigenvalue weighted by atomic mass is 10.2. The summed E-state index contributed by atoms with van der Waals surface area (Å²) in [5.74, 6) is 1.36. The van der Waals surface area contributed by atoms with E-state index in [4.69, 9.17) is 14.7 Å². The number of carbonyl (C=O) groups is 1. The van der Waals surface area contributed by atoms with E-state index in [2.05, 4.69) is 11.7 Å². The first-order valence-electron chi connectivity index (χ1n) is 6.08. The van der Waals surface area contributed by atoms with Gasteiger partial charge in [-0.05, 0) is 37.1 Å². The number of rotatable bonds is 5. The SMILES string of the molecule is C=C(CC)C(C)=O.COc1ccc(/C=N/O)cc1OC. The second-order valence-corrected chi connectivity index (χ2v) is 3.87. The average Bonchev–Trinajstić information content (AvgIpc) is 2.47. The van der Waals surface area contributed by atoms with Crippen molar-refractivity contribution in [3.05, 3.63) is 35.9 Å². The Morgan fingerprint density at radius 2 is 1.95 bits per heavy atom. The standard InChI is InChI=1S/C9H11NO3.C6H10O/c1-12-8-4-3-7(6-10-11)5-9(8)13-2;1-4-5(2)6(3)7/h3-6,11H,1-2H3;2,4H2,1,3H3/b10-6+;. The van der Waals surface area contributed by atoms with E-state index < -0.39 is 0 Å². The molecule has 1 N–H and O–H groups in total. The van der Waals surface area contributed by atoms with E-state index >= 15 is 0 Å². The Morgan fingerprint density at radius 3 is 2.30 bits per heavy atom. The van der Waals surface area contributed by atoms with Crippen LogP contribution in [0, 0.1) is 0 Å². The summed E-state index contributed by atoms with van der Waals surface area (Å²) < 4.78 is 10.1. The molecule has 0 bridgehead atoms. The number of methoxy groups -OCH3 is 2. The van der Waals surface area contributed by atoms with Crippen molar-refractivity contribution in [3.8, 4) is 11.5 Å². The number of Topliss-reactive ketones (excluding diaryl/α,β-unsaturated/α-hetero) is 1. The number of oxime groups is 1. The highest BCUT2D eigenvalue weighted by molar-refractivity contribution is 5.92. The largest absolute Gasteiger partial charge is 0.493 e. The first-order valence-corrected chi connectivity index (χ1v) is 6.08. The average molecular weight is 279 g/mol. The first kappa shape index (κ1) is 17.7. The second-order valence-electron chi connectivity index (χ2n) is 3.87. The van der Waals surface area contributed by atoms with E-state index in [1.807, 2.05) is 6.92 Å². The molecule has 0 spiro atoms. The van der Waals surface area contributed by atoms with Crippen LogP contribution in [0.15, 0.2) is 35.5 Å². The molecule has 0 heterocycles. The molecule has 0 aliphatic rings. The van der Waals surface area contributed by atoms with Gasteiger partial charge in [0.2, 0.25) is 0 Å². The predicted octanol–water partition coefficient (Wildman–Crippen LogP) is 3.05. The summed E-state index contributed by atoms with van der Waals surface area (Å²) in [6.07, 6.45) is 2.09. The van der Waals surface area contributed by atoms with Crippen LogP contribution < -0.4 is 9.47 Å². The zero-order valence-corrected chi connectivity index (χ0v) is 12.3. The minimum absolute atomic E-state index is 0.0995. The molecule has 0 saturated heterocycles. The van der Waals surface area contributed by atoms with E-state index in [0.29, 0.717) is 17.1 Å². The zero-order chi connectivity index (χ0) is 15.5. The van der Waals surface area contributed by atoms with Gasteiger partial charge in [0.15, 0.2) is 17.3 Å². The summed E-state index contributed by atoms with van der Waals surface area (Å²) in [6.45, 7) is 6.98. The Morgan fingerprint density at radius 1 is 1.35 bits per heavy atom. The zero-order valence-electron chi connectivity index (χ0n) is 12.3. The molecule has 110 valence electrons. The third kappa shape index (κ3) is 6.04. The highest BCUT2D eigenvalue weighted by Gasteiger charge is 2.02. The van der Waals surface area contributed by atoms with Gasteiger partial charge in [0, 0.05) is 5.56 Å². The minimum Gasteiger partial charge on any atom is -0.493 e. The Hall–Kier alpha value is -2.30. The Kier molecular flexibility index (Phi) is 8.50. The third-order valence-corrected chi connectivity index (χ3v) is 2.54. The molecule has 0 radical (unpaired) electrons. The summed E-state index contributed by atoms with van der Waals surface area (Å²) in [5.41, 5.74) is 1.46. The fraction of sp³-hybridized carbons (Fsp3) is 0.333. The van der Waals surface area contributed by atoms with Crippen LogP contribution >= 0.6 is 0 Å². The van der Waals surface area contributed by atoms with Crippen molar-refractivity contribution in [1.29, 1.82) is 0 Å². The number of allylic oxidation sites excluding steroid dienone is 1. The summed E-state index contributed by atoms with van der Waals surface area (Å²) in [7, 11) is 3.12. The molecule has 20 heavy (non-hydrogen) atoms. The normalized spacial score (nSPS) is 9.60. The van der Waals surface area contributed by atoms with Gasteiger partial charge in [-0.2, -0.15) is 0 Å². The first-order chi connectivity index (χ1) is 9.49. The number of hydrogen-bond acceptors (Lipinski definition) is 5. The molecule has 0 saturated carbocycles. The molecule has 5 nitrogen and oxygen atoms in total. The maximum absolute atomic E-state index is 10.3. The molecule has 1 aromatic carbocycles. The Balaban J connectivity index is 0.000000441. The maximum Gasteiger partial charge on any atom is 0.161 e. The van der Waals surface area contributed by atoms with Gasteiger partial charge in [0.05, 0.1) is 20.4 Å². The van der Waals surface area contributed by atoms with Gasteiger partial charge in [0.1, 0.15) is 0 Å². The van der Waals surface area contributed by atoms with Gasteiger partial charge in [-0.3, -0.25) is 4.79 Å². The molecule has 1 aromatic rings. The van der Waals surface area contributed by atoms with E-state index in [-0.39, 0.29) is 5.78 Å². The van der Waals surface area contributed by atoms with Crippen molar-refractivity contribution in [2.45, 2.75) is 20.3 Å². The molecule has 0 unspecified atom stereocenters. The van der Waals surface area contributed by atoms with Crippen LogP contribution in [0.1, 0.15) is 25.8 Å². The van der Waals surface area contributed by atoms with Crippen molar-refractivity contribution in [2.24, 2.45) is 5.16 Å². The van der Waals surface area contributed by atoms with Crippen molar-refractivity contribution in [3.63, 3.8) is 0 Å². The number of ketones is 1. The van der Waals surface area contributed by atoms with E-state index in [0.717, 1.165) is 12.0 Å². The second kappa shape index (κ2) is 9.61. The molecule has 0 amide bonds. The third-order valence-electron chi connectivity index (χ3n) is 2.54. The summed E-state index contributed by atoms with van der Waals surface area (Å²) in [6, 6.07) is 5.23. The number of carbonyl (C=O) groups excluding carboxylic acids is 1. The molecule has 0 fully saturated rings. The smallest absolute Gasteiger partial charge is 0.161 e. The fourth-order valence-electron chi connectivity index (χ4n) is 1.25. The number of ether oxygens (including phenoxy) is 2. The minimum atomic E-state index is 0.0995. The Labute approximate surface area is 119 Å². The predicted molar refractivity (Wildman–Crippen MR) is 79.0 cm³/mol. The van der Waals surface area contributed by atoms with Crippen LogP contribution in [-0.4, -0.2) is 31.4 Å².